The molecule has 0 spiro atoms. The van der Waals surface area contributed by atoms with E-state index in [1.54, 1.807) is 0 Å². The Kier molecular flexibility index (Phi) is 4.00. The molecule has 2 aliphatic heterocycles. The van der Waals surface area contributed by atoms with Gasteiger partial charge < -0.3 is 10.1 Å². The summed E-state index contributed by atoms with van der Waals surface area (Å²) in [6.45, 7) is 7.62. The lowest BCUT2D eigenvalue weighted by Gasteiger charge is -2.44. The maximum absolute atomic E-state index is 6.12. The molecule has 0 radical (unpaired) electrons. The Morgan fingerprint density at radius 1 is 1.33 bits per heavy atom. The van der Waals surface area contributed by atoms with E-state index in [1.165, 1.54) is 45.2 Å². The van der Waals surface area contributed by atoms with Crippen LogP contribution in [0.3, 0.4) is 0 Å². The van der Waals surface area contributed by atoms with Crippen molar-refractivity contribution < 1.29 is 4.74 Å². The third kappa shape index (κ3) is 2.52. The average Bonchev–Trinajstić information content (AvgIpc) is 2.82. The van der Waals surface area contributed by atoms with Gasteiger partial charge in [0.15, 0.2) is 0 Å². The van der Waals surface area contributed by atoms with Gasteiger partial charge in [0.2, 0.25) is 0 Å². The highest BCUT2D eigenvalue weighted by Crippen LogP contribution is 2.29. The van der Waals surface area contributed by atoms with E-state index in [1.807, 2.05) is 0 Å². The van der Waals surface area contributed by atoms with E-state index in [-0.39, 0.29) is 5.72 Å². The summed E-state index contributed by atoms with van der Waals surface area (Å²) in [5.74, 6) is 0. The molecule has 15 heavy (non-hydrogen) atoms. The van der Waals surface area contributed by atoms with Crippen LogP contribution in [0.1, 0.15) is 39.0 Å². The fourth-order valence-electron chi connectivity index (χ4n) is 2.75. The molecule has 2 heterocycles. The van der Waals surface area contributed by atoms with Gasteiger partial charge in [0, 0.05) is 26.2 Å². The van der Waals surface area contributed by atoms with E-state index < -0.39 is 0 Å². The van der Waals surface area contributed by atoms with Crippen LogP contribution in [-0.2, 0) is 4.74 Å². The van der Waals surface area contributed by atoms with E-state index in [0.717, 1.165) is 19.7 Å². The van der Waals surface area contributed by atoms with Crippen molar-refractivity contribution in [3.05, 3.63) is 0 Å². The molecule has 3 heteroatoms. The SMILES string of the molecule is CCCCC1(N2CCCC2)CNCCO1. The first kappa shape index (κ1) is 11.4. The second kappa shape index (κ2) is 5.28. The van der Waals surface area contributed by atoms with E-state index in [0.29, 0.717) is 0 Å². The number of rotatable bonds is 4. The van der Waals surface area contributed by atoms with Crippen molar-refractivity contribution in [3.8, 4) is 0 Å². The highest BCUT2D eigenvalue weighted by atomic mass is 16.5. The van der Waals surface area contributed by atoms with Gasteiger partial charge in [-0.3, -0.25) is 4.90 Å². The van der Waals surface area contributed by atoms with Crippen molar-refractivity contribution in [2.75, 3.05) is 32.8 Å². The summed E-state index contributed by atoms with van der Waals surface area (Å²) in [6, 6.07) is 0. The van der Waals surface area contributed by atoms with Crippen molar-refractivity contribution in [2.24, 2.45) is 0 Å². The Morgan fingerprint density at radius 3 is 2.73 bits per heavy atom. The van der Waals surface area contributed by atoms with Crippen LogP contribution in [-0.4, -0.2) is 43.4 Å². The summed E-state index contributed by atoms with van der Waals surface area (Å²) >= 11 is 0. The van der Waals surface area contributed by atoms with Gasteiger partial charge in [-0.1, -0.05) is 13.3 Å². The fourth-order valence-corrected chi connectivity index (χ4v) is 2.75. The Labute approximate surface area is 93.2 Å². The van der Waals surface area contributed by atoms with Crippen LogP contribution >= 0.6 is 0 Å². The van der Waals surface area contributed by atoms with Gasteiger partial charge in [-0.25, -0.2) is 0 Å². The van der Waals surface area contributed by atoms with Gasteiger partial charge in [-0.15, -0.1) is 0 Å². The minimum Gasteiger partial charge on any atom is -0.358 e. The van der Waals surface area contributed by atoms with Crippen molar-refractivity contribution in [3.63, 3.8) is 0 Å². The predicted octanol–water partition coefficient (Wildman–Crippen LogP) is 1.59. The third-order valence-electron chi connectivity index (χ3n) is 3.65. The van der Waals surface area contributed by atoms with E-state index >= 15 is 0 Å². The van der Waals surface area contributed by atoms with Crippen molar-refractivity contribution in [1.82, 2.24) is 10.2 Å². The van der Waals surface area contributed by atoms with Crippen LogP contribution in [0, 0.1) is 0 Å². The largest absolute Gasteiger partial charge is 0.358 e. The monoisotopic (exact) mass is 212 g/mol. The first-order chi connectivity index (χ1) is 7.37. The second-order valence-electron chi connectivity index (χ2n) is 4.77. The molecule has 2 saturated heterocycles. The topological polar surface area (TPSA) is 24.5 Å². The highest BCUT2D eigenvalue weighted by Gasteiger charge is 2.39. The maximum Gasteiger partial charge on any atom is 0.134 e. The molecule has 0 amide bonds. The summed E-state index contributed by atoms with van der Waals surface area (Å²) in [6.07, 6.45) is 6.42. The first-order valence-electron chi connectivity index (χ1n) is 6.47. The van der Waals surface area contributed by atoms with Crippen LogP contribution in [0.25, 0.3) is 0 Å². The van der Waals surface area contributed by atoms with Gasteiger partial charge in [0.05, 0.1) is 6.61 Å². The molecular weight excluding hydrogens is 188 g/mol. The Hall–Kier alpha value is -0.120. The Balaban J connectivity index is 1.98. The van der Waals surface area contributed by atoms with E-state index in [9.17, 15) is 0 Å². The summed E-state index contributed by atoms with van der Waals surface area (Å²) < 4.78 is 6.12. The van der Waals surface area contributed by atoms with Crippen molar-refractivity contribution >= 4 is 0 Å². The molecule has 2 aliphatic rings. The highest BCUT2D eigenvalue weighted by molar-refractivity contribution is 4.89. The quantitative estimate of drug-likeness (QED) is 0.766. The first-order valence-corrected chi connectivity index (χ1v) is 6.47. The zero-order valence-electron chi connectivity index (χ0n) is 9.93. The van der Waals surface area contributed by atoms with Crippen LogP contribution in [0.2, 0.25) is 0 Å². The van der Waals surface area contributed by atoms with E-state index in [2.05, 4.69) is 17.1 Å². The minimum atomic E-state index is 0.0325. The van der Waals surface area contributed by atoms with Gasteiger partial charge in [0.1, 0.15) is 5.72 Å². The Bertz CT molecular complexity index is 184. The molecule has 88 valence electrons. The van der Waals surface area contributed by atoms with E-state index in [4.69, 9.17) is 4.74 Å². The lowest BCUT2D eigenvalue weighted by atomic mass is 10.0. The zero-order valence-corrected chi connectivity index (χ0v) is 9.93. The second-order valence-corrected chi connectivity index (χ2v) is 4.77. The number of unbranched alkanes of at least 4 members (excludes halogenated alkanes) is 1. The fraction of sp³-hybridized carbons (Fsp3) is 1.00. The molecule has 0 aromatic rings. The number of nitrogens with one attached hydrogen (secondary N) is 1. The van der Waals surface area contributed by atoms with Gasteiger partial charge >= 0.3 is 0 Å². The number of likely N-dealkylation sites (tertiary alicyclic amines) is 1. The number of ether oxygens (including phenoxy) is 1. The normalized spacial score (nSPS) is 33.4. The maximum atomic E-state index is 6.12. The number of hydrogen-bond acceptors (Lipinski definition) is 3. The number of morpholine rings is 1. The number of nitrogens with zero attached hydrogens (tertiary/aromatic N) is 1. The van der Waals surface area contributed by atoms with Gasteiger partial charge in [-0.2, -0.15) is 0 Å². The minimum absolute atomic E-state index is 0.0325. The summed E-state index contributed by atoms with van der Waals surface area (Å²) in [5.41, 5.74) is 0.0325. The number of hydrogen-bond donors (Lipinski definition) is 1. The summed E-state index contributed by atoms with van der Waals surface area (Å²) in [4.78, 5) is 2.56. The molecule has 1 N–H and O–H groups in total. The average molecular weight is 212 g/mol. The lowest BCUT2D eigenvalue weighted by Crippen LogP contribution is -2.59. The lowest BCUT2D eigenvalue weighted by molar-refractivity contribution is -0.167. The van der Waals surface area contributed by atoms with Crippen LogP contribution in [0.15, 0.2) is 0 Å². The molecule has 0 aromatic heterocycles. The molecular formula is C12H24N2O. The molecule has 1 unspecified atom stereocenters. The standard InChI is InChI=1S/C12H24N2O/c1-2-3-6-12(11-13-7-10-15-12)14-8-4-5-9-14/h13H,2-11H2,1H3. The molecule has 2 rings (SSSR count). The summed E-state index contributed by atoms with van der Waals surface area (Å²) in [5, 5.41) is 3.49. The van der Waals surface area contributed by atoms with Gasteiger partial charge in [0.25, 0.3) is 0 Å². The van der Waals surface area contributed by atoms with Crippen LogP contribution in [0.4, 0.5) is 0 Å². The predicted molar refractivity (Wildman–Crippen MR) is 61.9 cm³/mol. The van der Waals surface area contributed by atoms with Crippen LogP contribution < -0.4 is 5.32 Å². The van der Waals surface area contributed by atoms with Crippen molar-refractivity contribution in [2.45, 2.75) is 44.8 Å². The smallest absolute Gasteiger partial charge is 0.134 e. The molecule has 3 nitrogen and oxygen atoms in total. The summed E-state index contributed by atoms with van der Waals surface area (Å²) in [7, 11) is 0. The third-order valence-corrected chi connectivity index (χ3v) is 3.65. The van der Waals surface area contributed by atoms with Gasteiger partial charge in [-0.05, 0) is 25.7 Å². The zero-order chi connectivity index (χ0) is 10.6. The molecule has 0 bridgehead atoms. The molecule has 1 atom stereocenters. The molecule has 0 aromatic carbocycles. The molecule has 0 aliphatic carbocycles. The molecule has 2 fully saturated rings. The molecule has 0 saturated carbocycles. The van der Waals surface area contributed by atoms with Crippen LogP contribution in [0.5, 0.6) is 0 Å². The Morgan fingerprint density at radius 2 is 2.13 bits per heavy atom. The van der Waals surface area contributed by atoms with Crippen molar-refractivity contribution in [1.29, 1.82) is 0 Å².